The number of fused-ring (bicyclic) bond motifs is 1. The Morgan fingerprint density at radius 1 is 1.09 bits per heavy atom. The number of imidazole rings is 1. The molecule has 0 unspecified atom stereocenters. The van der Waals surface area contributed by atoms with E-state index in [0.29, 0.717) is 43.0 Å². The van der Waals surface area contributed by atoms with Gasteiger partial charge in [0.25, 0.3) is 5.91 Å². The number of hydrogen-bond acceptors (Lipinski definition) is 5. The maximum Gasteiger partial charge on any atom is 0.326 e. The third-order valence-corrected chi connectivity index (χ3v) is 5.99. The van der Waals surface area contributed by atoms with Crippen molar-refractivity contribution in [2.45, 2.75) is 25.5 Å². The number of piperidine rings is 1. The Morgan fingerprint density at radius 2 is 1.85 bits per heavy atom. The van der Waals surface area contributed by atoms with E-state index >= 15 is 0 Å². The molecule has 0 atom stereocenters. The molecule has 1 N–H and O–H groups in total. The molecule has 4 aromatic rings. The maximum atomic E-state index is 12.9. The molecule has 2 aromatic heterocycles. The smallest absolute Gasteiger partial charge is 0.326 e. The van der Waals surface area contributed by atoms with Crippen molar-refractivity contribution in [3.05, 3.63) is 88.2 Å². The van der Waals surface area contributed by atoms with Crippen molar-refractivity contribution in [3.8, 4) is 11.8 Å². The normalized spacial score (nSPS) is 14.3. The summed E-state index contributed by atoms with van der Waals surface area (Å²) in [4.78, 5) is 30.1. The highest BCUT2D eigenvalue weighted by molar-refractivity contribution is 5.91. The van der Waals surface area contributed by atoms with Gasteiger partial charge in [0.1, 0.15) is 24.2 Å². The Morgan fingerprint density at radius 3 is 2.67 bits per heavy atom. The number of aromatic amines is 1. The van der Waals surface area contributed by atoms with Crippen molar-refractivity contribution in [3.63, 3.8) is 0 Å². The summed E-state index contributed by atoms with van der Waals surface area (Å²) in [6, 6.07) is 20.1. The highest BCUT2D eigenvalue weighted by Gasteiger charge is 2.28. The van der Waals surface area contributed by atoms with E-state index in [1.807, 2.05) is 24.3 Å². The Balaban J connectivity index is 1.22. The quantitative estimate of drug-likeness (QED) is 0.506. The van der Waals surface area contributed by atoms with Crippen molar-refractivity contribution >= 4 is 16.9 Å². The lowest BCUT2D eigenvalue weighted by molar-refractivity contribution is 0.0659. The van der Waals surface area contributed by atoms with E-state index in [1.54, 1.807) is 45.9 Å². The van der Waals surface area contributed by atoms with Crippen LogP contribution in [0.2, 0.25) is 0 Å². The lowest BCUT2D eigenvalue weighted by Crippen LogP contribution is -2.40. The number of H-pyrrole nitrogens is 1. The second kappa shape index (κ2) is 8.71. The van der Waals surface area contributed by atoms with Gasteiger partial charge >= 0.3 is 5.69 Å². The molecule has 3 heterocycles. The molecular weight excluding hydrogens is 420 g/mol. The molecule has 0 bridgehead atoms. The molecule has 8 nitrogen and oxygen atoms in total. The predicted molar refractivity (Wildman–Crippen MR) is 121 cm³/mol. The van der Waals surface area contributed by atoms with Crippen LogP contribution in [-0.4, -0.2) is 33.4 Å². The fourth-order valence-electron chi connectivity index (χ4n) is 4.32. The van der Waals surface area contributed by atoms with Gasteiger partial charge in [0.2, 0.25) is 0 Å². The fraction of sp³-hybridized carbons (Fsp3) is 0.240. The maximum absolute atomic E-state index is 12.9. The van der Waals surface area contributed by atoms with Gasteiger partial charge in [-0.25, -0.2) is 4.79 Å². The highest BCUT2D eigenvalue weighted by Crippen LogP contribution is 2.26. The van der Waals surface area contributed by atoms with Crippen LogP contribution in [0.5, 0.6) is 5.75 Å². The van der Waals surface area contributed by atoms with Crippen LogP contribution < -0.4 is 10.4 Å². The molecular formula is C25H22N4O4. The summed E-state index contributed by atoms with van der Waals surface area (Å²) >= 11 is 0. The zero-order valence-corrected chi connectivity index (χ0v) is 17.9. The monoisotopic (exact) mass is 442 g/mol. The molecule has 0 radical (unpaired) electrons. The molecule has 0 saturated carbocycles. The Hall–Kier alpha value is -4.25. The Bertz CT molecular complexity index is 1400. The van der Waals surface area contributed by atoms with Crippen LogP contribution in [0.15, 0.2) is 69.9 Å². The van der Waals surface area contributed by atoms with Gasteiger partial charge in [0.05, 0.1) is 16.6 Å². The van der Waals surface area contributed by atoms with Gasteiger partial charge in [0, 0.05) is 19.1 Å². The summed E-state index contributed by atoms with van der Waals surface area (Å²) in [7, 11) is 0. The van der Waals surface area contributed by atoms with Crippen LogP contribution in [-0.2, 0) is 6.61 Å². The molecule has 33 heavy (non-hydrogen) atoms. The number of likely N-dealkylation sites (tertiary alicyclic amines) is 1. The van der Waals surface area contributed by atoms with Crippen LogP contribution in [0.4, 0.5) is 0 Å². The van der Waals surface area contributed by atoms with Gasteiger partial charge in [-0.3, -0.25) is 9.36 Å². The number of nitriles is 1. The standard InChI is InChI=1S/C25H22N4O4/c26-15-17-5-1-4-8-22(17)32-16-19-9-10-23(33-19)24(30)28-13-11-18(12-14-28)29-21-7-3-2-6-20(21)27-25(29)31/h1-10,18H,11-14,16H2,(H,27,31). The number of carbonyl (C=O) groups excluding carboxylic acids is 1. The number of nitrogens with one attached hydrogen (secondary N) is 1. The van der Waals surface area contributed by atoms with E-state index in [9.17, 15) is 9.59 Å². The number of rotatable bonds is 5. The molecule has 8 heteroatoms. The van der Waals surface area contributed by atoms with E-state index in [-0.39, 0.29) is 30.0 Å². The molecule has 0 spiro atoms. The number of hydrogen-bond donors (Lipinski definition) is 1. The third-order valence-electron chi connectivity index (χ3n) is 5.99. The summed E-state index contributed by atoms with van der Waals surface area (Å²) in [6.45, 7) is 1.20. The molecule has 1 aliphatic rings. The lowest BCUT2D eigenvalue weighted by Gasteiger charge is -2.32. The van der Waals surface area contributed by atoms with Crippen molar-refractivity contribution < 1.29 is 13.9 Å². The van der Waals surface area contributed by atoms with E-state index in [0.717, 1.165) is 11.0 Å². The van der Waals surface area contributed by atoms with Gasteiger partial charge in [-0.1, -0.05) is 24.3 Å². The van der Waals surface area contributed by atoms with Crippen LogP contribution in [0.3, 0.4) is 0 Å². The lowest BCUT2D eigenvalue weighted by atomic mass is 10.0. The van der Waals surface area contributed by atoms with E-state index in [1.165, 1.54) is 0 Å². The van der Waals surface area contributed by atoms with Gasteiger partial charge in [-0.2, -0.15) is 5.26 Å². The molecule has 1 aliphatic heterocycles. The number of nitrogens with zero attached hydrogens (tertiary/aromatic N) is 3. The zero-order chi connectivity index (χ0) is 22.8. The number of ether oxygens (including phenoxy) is 1. The minimum atomic E-state index is -0.177. The van der Waals surface area contributed by atoms with Gasteiger partial charge in [-0.15, -0.1) is 0 Å². The minimum absolute atomic E-state index is 0.0402. The van der Waals surface area contributed by atoms with Crippen molar-refractivity contribution in [1.82, 2.24) is 14.5 Å². The SMILES string of the molecule is N#Cc1ccccc1OCc1ccc(C(=O)N2CCC(n3c(=O)[nH]c4ccccc43)CC2)o1. The first-order chi connectivity index (χ1) is 16.1. The summed E-state index contributed by atoms with van der Waals surface area (Å²) in [5, 5.41) is 9.16. The van der Waals surface area contributed by atoms with E-state index in [4.69, 9.17) is 14.4 Å². The summed E-state index contributed by atoms with van der Waals surface area (Å²) in [5.41, 5.74) is 2.04. The minimum Gasteiger partial charge on any atom is -0.484 e. The first kappa shape index (κ1) is 20.6. The second-order valence-electron chi connectivity index (χ2n) is 8.00. The topological polar surface area (TPSA) is 104 Å². The predicted octanol–water partition coefficient (Wildman–Crippen LogP) is 3.85. The van der Waals surface area contributed by atoms with E-state index in [2.05, 4.69) is 11.1 Å². The Kier molecular flexibility index (Phi) is 5.45. The van der Waals surface area contributed by atoms with Crippen molar-refractivity contribution in [2.24, 2.45) is 0 Å². The van der Waals surface area contributed by atoms with Crippen LogP contribution in [0, 0.1) is 11.3 Å². The average Bonchev–Trinajstić information content (AvgIpc) is 3.46. The molecule has 1 saturated heterocycles. The van der Waals surface area contributed by atoms with Crippen molar-refractivity contribution in [1.29, 1.82) is 5.26 Å². The number of para-hydroxylation sites is 3. The van der Waals surface area contributed by atoms with Gasteiger partial charge in [0.15, 0.2) is 5.76 Å². The molecule has 166 valence electrons. The number of amides is 1. The van der Waals surface area contributed by atoms with Gasteiger partial charge in [-0.05, 0) is 49.2 Å². The second-order valence-corrected chi connectivity index (χ2v) is 8.00. The van der Waals surface area contributed by atoms with Crippen molar-refractivity contribution in [2.75, 3.05) is 13.1 Å². The number of benzene rings is 2. The summed E-state index contributed by atoms with van der Waals surface area (Å²) in [5.74, 6) is 1.05. The average molecular weight is 442 g/mol. The van der Waals surface area contributed by atoms with Crippen LogP contribution in [0.25, 0.3) is 11.0 Å². The summed E-state index contributed by atoms with van der Waals surface area (Å²) < 4.78 is 13.2. The number of aromatic nitrogens is 2. The zero-order valence-electron chi connectivity index (χ0n) is 17.9. The fourth-order valence-corrected chi connectivity index (χ4v) is 4.32. The van der Waals surface area contributed by atoms with Crippen LogP contribution >= 0.6 is 0 Å². The van der Waals surface area contributed by atoms with Crippen LogP contribution in [0.1, 0.15) is 40.8 Å². The van der Waals surface area contributed by atoms with E-state index < -0.39 is 0 Å². The number of furan rings is 1. The largest absolute Gasteiger partial charge is 0.484 e. The Labute approximate surface area is 189 Å². The third kappa shape index (κ3) is 4.01. The first-order valence-corrected chi connectivity index (χ1v) is 10.8. The highest BCUT2D eigenvalue weighted by atomic mass is 16.5. The molecule has 1 amide bonds. The van der Waals surface area contributed by atoms with Gasteiger partial charge < -0.3 is 19.0 Å². The molecule has 5 rings (SSSR count). The molecule has 2 aromatic carbocycles. The summed E-state index contributed by atoms with van der Waals surface area (Å²) in [6.07, 6.45) is 1.38. The molecule has 1 fully saturated rings. The number of carbonyl (C=O) groups is 1. The molecule has 0 aliphatic carbocycles. The first-order valence-electron chi connectivity index (χ1n) is 10.8.